The van der Waals surface area contributed by atoms with Gasteiger partial charge in [-0.2, -0.15) is 0 Å². The average molecular weight is 352 g/mol. The summed E-state index contributed by atoms with van der Waals surface area (Å²) >= 11 is 0. The predicted octanol–water partition coefficient (Wildman–Crippen LogP) is 3.94. The van der Waals surface area contributed by atoms with Gasteiger partial charge in [0.25, 0.3) is 0 Å². The molecule has 6 heteroatoms. The zero-order valence-electron chi connectivity index (χ0n) is 13.7. The van der Waals surface area contributed by atoms with E-state index in [4.69, 9.17) is 9.15 Å². The first-order chi connectivity index (χ1) is 12.5. The van der Waals surface area contributed by atoms with Gasteiger partial charge in [0.1, 0.15) is 11.9 Å². The first kappa shape index (κ1) is 16.1. The van der Waals surface area contributed by atoms with E-state index >= 15 is 0 Å². The number of hydrogen-bond acceptors (Lipinski definition) is 6. The maximum atomic E-state index is 11.7. The smallest absolute Gasteiger partial charge is 0.331 e. The Labute approximate surface area is 148 Å². The molecule has 6 nitrogen and oxygen atoms in total. The zero-order chi connectivity index (χ0) is 18.3. The molecular formula is C20H16O6. The molecule has 1 aromatic heterocycles. The number of carbonyl (C=O) groups is 1. The Hall–Kier alpha value is -3.41. The zero-order valence-corrected chi connectivity index (χ0v) is 13.7. The summed E-state index contributed by atoms with van der Waals surface area (Å²) in [4.78, 5) is 11.7. The van der Waals surface area contributed by atoms with Crippen molar-refractivity contribution in [1.82, 2.24) is 0 Å². The van der Waals surface area contributed by atoms with Gasteiger partial charge in [-0.1, -0.05) is 6.07 Å². The molecule has 132 valence electrons. The second-order valence-electron chi connectivity index (χ2n) is 6.20. The van der Waals surface area contributed by atoms with E-state index in [2.05, 4.69) is 0 Å². The van der Waals surface area contributed by atoms with Crippen LogP contribution in [-0.4, -0.2) is 27.4 Å². The first-order valence-corrected chi connectivity index (χ1v) is 8.18. The quantitative estimate of drug-likeness (QED) is 0.374. The lowest BCUT2D eigenvalue weighted by molar-refractivity contribution is -0.138. The monoisotopic (exact) mass is 352 g/mol. The van der Waals surface area contributed by atoms with Gasteiger partial charge in [0.2, 0.25) is 0 Å². The second kappa shape index (κ2) is 6.15. The van der Waals surface area contributed by atoms with E-state index < -0.39 is 5.97 Å². The summed E-state index contributed by atoms with van der Waals surface area (Å²) in [5.41, 5.74) is 1.49. The van der Waals surface area contributed by atoms with Crippen molar-refractivity contribution >= 4 is 23.0 Å². The van der Waals surface area contributed by atoms with Crippen molar-refractivity contribution in [2.45, 2.75) is 18.9 Å². The van der Waals surface area contributed by atoms with E-state index in [0.717, 1.165) is 12.8 Å². The predicted molar refractivity (Wildman–Crippen MR) is 94.8 cm³/mol. The van der Waals surface area contributed by atoms with Crippen LogP contribution in [0.15, 0.2) is 46.9 Å². The fraction of sp³-hybridized carbons (Fsp3) is 0.150. The number of rotatable bonds is 4. The van der Waals surface area contributed by atoms with Crippen LogP contribution < -0.4 is 0 Å². The molecule has 0 spiro atoms. The number of phenolic OH excluding ortho intramolecular Hbond substituents is 3. The van der Waals surface area contributed by atoms with Gasteiger partial charge in [-0.15, -0.1) is 0 Å². The lowest BCUT2D eigenvalue weighted by Crippen LogP contribution is -2.01. The highest BCUT2D eigenvalue weighted by Crippen LogP contribution is 2.37. The summed E-state index contributed by atoms with van der Waals surface area (Å²) in [7, 11) is 0. The molecular weight excluding hydrogens is 336 g/mol. The van der Waals surface area contributed by atoms with Crippen LogP contribution in [0.2, 0.25) is 0 Å². The van der Waals surface area contributed by atoms with Gasteiger partial charge in [-0.25, -0.2) is 4.79 Å². The van der Waals surface area contributed by atoms with Gasteiger partial charge >= 0.3 is 5.97 Å². The third-order valence-electron chi connectivity index (χ3n) is 4.16. The second-order valence-corrected chi connectivity index (χ2v) is 6.20. The molecule has 26 heavy (non-hydrogen) atoms. The van der Waals surface area contributed by atoms with Crippen LogP contribution in [0, 0.1) is 0 Å². The van der Waals surface area contributed by atoms with Crippen molar-refractivity contribution in [1.29, 1.82) is 0 Å². The van der Waals surface area contributed by atoms with Gasteiger partial charge in [-0.3, -0.25) is 0 Å². The molecule has 1 aliphatic carbocycles. The van der Waals surface area contributed by atoms with E-state index in [1.165, 1.54) is 24.3 Å². The molecule has 0 unspecified atom stereocenters. The van der Waals surface area contributed by atoms with Gasteiger partial charge in [0.15, 0.2) is 22.8 Å². The molecule has 2 aromatic carbocycles. The van der Waals surface area contributed by atoms with Gasteiger partial charge < -0.3 is 24.5 Å². The van der Waals surface area contributed by atoms with Crippen LogP contribution in [-0.2, 0) is 9.53 Å². The number of fused-ring (bicyclic) bond motifs is 1. The van der Waals surface area contributed by atoms with Gasteiger partial charge in [0, 0.05) is 17.0 Å². The number of benzene rings is 2. The lowest BCUT2D eigenvalue weighted by atomic mass is 10.1. The number of hydrogen-bond donors (Lipinski definition) is 3. The van der Waals surface area contributed by atoms with Crippen LogP contribution in [0.3, 0.4) is 0 Å². The molecule has 0 amide bonds. The Morgan fingerprint density at radius 3 is 2.54 bits per heavy atom. The number of phenols is 3. The number of carbonyl (C=O) groups excluding carboxylic acids is 1. The van der Waals surface area contributed by atoms with Crippen LogP contribution in [0.25, 0.3) is 28.4 Å². The van der Waals surface area contributed by atoms with E-state index in [0.29, 0.717) is 22.3 Å². The maximum absolute atomic E-state index is 11.7. The minimum Gasteiger partial charge on any atom is -0.504 e. The van der Waals surface area contributed by atoms with E-state index in [-0.39, 0.29) is 28.9 Å². The fourth-order valence-electron chi connectivity index (χ4n) is 2.64. The van der Waals surface area contributed by atoms with Crippen molar-refractivity contribution in [3.63, 3.8) is 0 Å². The highest BCUT2D eigenvalue weighted by molar-refractivity contribution is 5.97. The van der Waals surface area contributed by atoms with E-state index in [1.54, 1.807) is 24.3 Å². The Morgan fingerprint density at radius 2 is 1.81 bits per heavy atom. The molecule has 1 heterocycles. The summed E-state index contributed by atoms with van der Waals surface area (Å²) in [6.45, 7) is 0. The number of aromatic hydroxyl groups is 3. The van der Waals surface area contributed by atoms with Crippen LogP contribution in [0.5, 0.6) is 17.2 Å². The number of furan rings is 1. The van der Waals surface area contributed by atoms with E-state index in [9.17, 15) is 20.1 Å². The summed E-state index contributed by atoms with van der Waals surface area (Å²) in [5, 5.41) is 29.8. The molecule has 3 N–H and O–H groups in total. The van der Waals surface area contributed by atoms with E-state index in [1.807, 2.05) is 0 Å². The first-order valence-electron chi connectivity index (χ1n) is 8.18. The molecule has 0 bridgehead atoms. The Balaban J connectivity index is 1.71. The molecule has 1 fully saturated rings. The van der Waals surface area contributed by atoms with Crippen LogP contribution in [0.1, 0.15) is 18.4 Å². The minimum absolute atomic E-state index is 0.0352. The highest BCUT2D eigenvalue weighted by Gasteiger charge is 2.25. The molecule has 1 saturated carbocycles. The lowest BCUT2D eigenvalue weighted by Gasteiger charge is -2.00. The largest absolute Gasteiger partial charge is 0.504 e. The third-order valence-corrected chi connectivity index (χ3v) is 4.16. The van der Waals surface area contributed by atoms with Gasteiger partial charge in [0.05, 0.1) is 0 Å². The topological polar surface area (TPSA) is 100 Å². The van der Waals surface area contributed by atoms with Crippen LogP contribution >= 0.6 is 0 Å². The van der Waals surface area contributed by atoms with Crippen molar-refractivity contribution in [2.24, 2.45) is 0 Å². The summed E-state index contributed by atoms with van der Waals surface area (Å²) in [6.07, 6.45) is 4.82. The summed E-state index contributed by atoms with van der Waals surface area (Å²) in [6, 6.07) is 9.17. The number of esters is 1. The third kappa shape index (κ3) is 3.09. The van der Waals surface area contributed by atoms with Crippen molar-refractivity contribution in [3.05, 3.63) is 48.0 Å². The Kier molecular flexibility index (Phi) is 3.80. The normalized spacial score (nSPS) is 14.2. The van der Waals surface area contributed by atoms with Crippen LogP contribution in [0.4, 0.5) is 0 Å². The molecule has 0 atom stereocenters. The Morgan fingerprint density at radius 1 is 1.04 bits per heavy atom. The molecule has 3 aromatic rings. The Bertz CT molecular complexity index is 1030. The standard InChI is InChI=1S/C20H16O6/c21-15-6-2-12(9-17(15)23)18-10-14-11(1-7-16(22)20(14)26-18)3-8-19(24)25-13-4-5-13/h1-3,6-10,13,21-23H,4-5H2/b8-3+. The average Bonchev–Trinajstić information content (AvgIpc) is 3.30. The van der Waals surface area contributed by atoms with Gasteiger partial charge in [-0.05, 0) is 54.8 Å². The molecule has 0 aliphatic heterocycles. The molecule has 0 saturated heterocycles. The minimum atomic E-state index is -0.402. The summed E-state index contributed by atoms with van der Waals surface area (Å²) < 4.78 is 10.9. The molecule has 1 aliphatic rings. The fourth-order valence-corrected chi connectivity index (χ4v) is 2.64. The maximum Gasteiger partial charge on any atom is 0.331 e. The molecule has 4 rings (SSSR count). The summed E-state index contributed by atoms with van der Waals surface area (Å²) in [5.74, 6) is -0.527. The van der Waals surface area contributed by atoms with Crippen molar-refractivity contribution < 1.29 is 29.3 Å². The highest BCUT2D eigenvalue weighted by atomic mass is 16.5. The SMILES string of the molecule is O=C(/C=C/c1ccc(O)c2oc(-c3ccc(O)c(O)c3)cc12)OC1CC1. The van der Waals surface area contributed by atoms with Crippen molar-refractivity contribution in [3.8, 4) is 28.6 Å². The van der Waals surface area contributed by atoms with Crippen molar-refractivity contribution in [2.75, 3.05) is 0 Å². The molecule has 0 radical (unpaired) electrons. The number of ether oxygens (including phenoxy) is 1.